The third-order valence-corrected chi connectivity index (χ3v) is 2.51. The molecule has 0 aliphatic carbocycles. The lowest BCUT2D eigenvalue weighted by Crippen LogP contribution is -2.04. The average Bonchev–Trinajstić information content (AvgIpc) is 2.53. The third kappa shape index (κ3) is 2.04. The molecule has 0 aliphatic rings. The Morgan fingerprint density at radius 2 is 2.06 bits per heavy atom. The van der Waals surface area contributed by atoms with Crippen molar-refractivity contribution in [2.75, 3.05) is 0 Å². The zero-order chi connectivity index (χ0) is 11.7. The topological polar surface area (TPSA) is 30.7 Å². The van der Waals surface area contributed by atoms with Gasteiger partial charge < -0.3 is 0 Å². The van der Waals surface area contributed by atoms with Crippen LogP contribution in [0.4, 0.5) is 8.78 Å². The summed E-state index contributed by atoms with van der Waals surface area (Å²) < 4.78 is 27.6. The molecule has 0 fully saturated rings. The van der Waals surface area contributed by atoms with Crippen molar-refractivity contribution in [1.29, 1.82) is 0 Å². The fraction of sp³-hybridized carbons (Fsp3) is 0.200. The predicted molar refractivity (Wildman–Crippen MR) is 55.2 cm³/mol. The van der Waals surface area contributed by atoms with Gasteiger partial charge in [0.25, 0.3) is 0 Å². The van der Waals surface area contributed by atoms with Crippen LogP contribution >= 0.6 is 11.6 Å². The fourth-order valence-electron chi connectivity index (χ4n) is 1.36. The molecular formula is C10H8ClF2N3. The minimum absolute atomic E-state index is 0.182. The van der Waals surface area contributed by atoms with Crippen molar-refractivity contribution < 1.29 is 8.78 Å². The van der Waals surface area contributed by atoms with Gasteiger partial charge in [0.2, 0.25) is 5.28 Å². The predicted octanol–water partition coefficient (Wildman–Crippen LogP) is 2.57. The van der Waals surface area contributed by atoms with Crippen LogP contribution in [0.1, 0.15) is 11.4 Å². The molecule has 16 heavy (non-hydrogen) atoms. The molecule has 0 atom stereocenters. The lowest BCUT2D eigenvalue weighted by Gasteiger charge is -2.06. The van der Waals surface area contributed by atoms with E-state index in [-0.39, 0.29) is 11.8 Å². The van der Waals surface area contributed by atoms with Crippen LogP contribution in [0.15, 0.2) is 18.2 Å². The molecule has 0 spiro atoms. The highest BCUT2D eigenvalue weighted by molar-refractivity contribution is 6.28. The van der Waals surface area contributed by atoms with E-state index in [4.69, 9.17) is 11.6 Å². The summed E-state index contributed by atoms with van der Waals surface area (Å²) in [5.74, 6) is -0.634. The van der Waals surface area contributed by atoms with Crippen LogP contribution in [-0.2, 0) is 6.54 Å². The van der Waals surface area contributed by atoms with Crippen LogP contribution in [0.5, 0.6) is 0 Å². The number of benzene rings is 1. The maximum Gasteiger partial charge on any atom is 0.225 e. The number of hydrogen-bond donors (Lipinski definition) is 0. The van der Waals surface area contributed by atoms with Crippen LogP contribution in [-0.4, -0.2) is 14.8 Å². The van der Waals surface area contributed by atoms with Gasteiger partial charge in [-0.1, -0.05) is 6.07 Å². The third-order valence-electron chi connectivity index (χ3n) is 2.23. The minimum Gasteiger partial charge on any atom is -0.297 e. The molecule has 0 amide bonds. The standard InChI is InChI=1S/C10H8ClF2N3/c1-6-14-15-10(11)16(6)5-7-2-3-8(12)4-9(7)13/h2-4H,5H2,1H3. The van der Waals surface area contributed by atoms with Gasteiger partial charge in [0.05, 0.1) is 6.54 Å². The van der Waals surface area contributed by atoms with E-state index in [1.807, 2.05) is 0 Å². The molecule has 6 heteroatoms. The van der Waals surface area contributed by atoms with Gasteiger partial charge in [0, 0.05) is 11.6 Å². The number of aromatic nitrogens is 3. The van der Waals surface area contributed by atoms with Crippen molar-refractivity contribution in [2.24, 2.45) is 0 Å². The Kier molecular flexibility index (Phi) is 2.87. The van der Waals surface area contributed by atoms with E-state index in [1.54, 1.807) is 6.92 Å². The lowest BCUT2D eigenvalue weighted by molar-refractivity contribution is 0.565. The zero-order valence-corrected chi connectivity index (χ0v) is 9.17. The molecular weight excluding hydrogens is 236 g/mol. The molecule has 1 aromatic carbocycles. The summed E-state index contributed by atoms with van der Waals surface area (Å²) in [5, 5.41) is 7.57. The number of nitrogens with zero attached hydrogens (tertiary/aromatic N) is 3. The van der Waals surface area contributed by atoms with E-state index in [0.717, 1.165) is 6.07 Å². The van der Waals surface area contributed by atoms with Crippen molar-refractivity contribution in [1.82, 2.24) is 14.8 Å². The molecule has 0 saturated carbocycles. The maximum atomic E-state index is 13.4. The van der Waals surface area contributed by atoms with E-state index in [0.29, 0.717) is 11.4 Å². The van der Waals surface area contributed by atoms with Crippen LogP contribution in [0, 0.1) is 18.6 Å². The molecule has 0 radical (unpaired) electrons. The van der Waals surface area contributed by atoms with Crippen molar-refractivity contribution >= 4 is 11.6 Å². The van der Waals surface area contributed by atoms with Gasteiger partial charge in [0.1, 0.15) is 17.5 Å². The van der Waals surface area contributed by atoms with Gasteiger partial charge in [-0.15, -0.1) is 10.2 Å². The Morgan fingerprint density at radius 1 is 1.31 bits per heavy atom. The molecule has 3 nitrogen and oxygen atoms in total. The number of rotatable bonds is 2. The van der Waals surface area contributed by atoms with Gasteiger partial charge in [-0.3, -0.25) is 4.57 Å². The highest BCUT2D eigenvalue weighted by Crippen LogP contribution is 2.15. The second-order valence-electron chi connectivity index (χ2n) is 3.34. The molecule has 2 aromatic rings. The molecule has 0 bridgehead atoms. The van der Waals surface area contributed by atoms with E-state index >= 15 is 0 Å². The van der Waals surface area contributed by atoms with Crippen molar-refractivity contribution in [3.63, 3.8) is 0 Å². The largest absolute Gasteiger partial charge is 0.297 e. The Hall–Kier alpha value is -1.49. The summed E-state index contributed by atoms with van der Waals surface area (Å²) in [6.45, 7) is 1.89. The van der Waals surface area contributed by atoms with Crippen molar-refractivity contribution in [3.05, 3.63) is 46.5 Å². The molecule has 1 heterocycles. The molecule has 2 rings (SSSR count). The Morgan fingerprint density at radius 3 is 2.62 bits per heavy atom. The molecule has 1 aromatic heterocycles. The van der Waals surface area contributed by atoms with Crippen molar-refractivity contribution in [3.8, 4) is 0 Å². The van der Waals surface area contributed by atoms with Gasteiger partial charge >= 0.3 is 0 Å². The van der Waals surface area contributed by atoms with E-state index in [9.17, 15) is 8.78 Å². The van der Waals surface area contributed by atoms with Gasteiger partial charge in [-0.25, -0.2) is 8.78 Å². The summed E-state index contributed by atoms with van der Waals surface area (Å²) in [5.41, 5.74) is 0.339. The summed E-state index contributed by atoms with van der Waals surface area (Å²) in [6.07, 6.45) is 0. The van der Waals surface area contributed by atoms with Crippen molar-refractivity contribution in [2.45, 2.75) is 13.5 Å². The molecule has 0 saturated heterocycles. The number of hydrogen-bond acceptors (Lipinski definition) is 2. The van der Waals surface area contributed by atoms with E-state index in [1.165, 1.54) is 16.7 Å². The summed E-state index contributed by atoms with van der Waals surface area (Å²) in [7, 11) is 0. The number of aryl methyl sites for hydroxylation is 1. The van der Waals surface area contributed by atoms with Gasteiger partial charge in [0.15, 0.2) is 0 Å². The van der Waals surface area contributed by atoms with E-state index < -0.39 is 11.6 Å². The first-order valence-electron chi connectivity index (χ1n) is 4.57. The van der Waals surface area contributed by atoms with Crippen LogP contribution in [0.3, 0.4) is 0 Å². The molecule has 0 N–H and O–H groups in total. The summed E-state index contributed by atoms with van der Waals surface area (Å²) in [6, 6.07) is 3.41. The van der Waals surface area contributed by atoms with Gasteiger partial charge in [-0.2, -0.15) is 0 Å². The second-order valence-corrected chi connectivity index (χ2v) is 3.68. The summed E-state index contributed by atoms with van der Waals surface area (Å²) >= 11 is 5.77. The average molecular weight is 244 g/mol. The second kappa shape index (κ2) is 4.17. The minimum atomic E-state index is -0.607. The highest BCUT2D eigenvalue weighted by Gasteiger charge is 2.10. The highest BCUT2D eigenvalue weighted by atomic mass is 35.5. The SMILES string of the molecule is Cc1nnc(Cl)n1Cc1ccc(F)cc1F. The Balaban J connectivity index is 2.34. The molecule has 84 valence electrons. The lowest BCUT2D eigenvalue weighted by atomic mass is 10.2. The first kappa shape index (κ1) is 11.0. The molecule has 0 unspecified atom stereocenters. The van der Waals surface area contributed by atoms with E-state index in [2.05, 4.69) is 10.2 Å². The maximum absolute atomic E-state index is 13.4. The van der Waals surface area contributed by atoms with Gasteiger partial charge in [-0.05, 0) is 24.6 Å². The fourth-order valence-corrected chi connectivity index (χ4v) is 1.57. The molecule has 0 aliphatic heterocycles. The quantitative estimate of drug-likeness (QED) is 0.812. The monoisotopic (exact) mass is 243 g/mol. The van der Waals surface area contributed by atoms with Crippen LogP contribution < -0.4 is 0 Å². The zero-order valence-electron chi connectivity index (χ0n) is 8.41. The first-order chi connectivity index (χ1) is 7.58. The number of halogens is 3. The Bertz CT molecular complexity index is 505. The first-order valence-corrected chi connectivity index (χ1v) is 4.95. The summed E-state index contributed by atoms with van der Waals surface area (Å²) in [4.78, 5) is 0. The van der Waals surface area contributed by atoms with Crippen LogP contribution in [0.2, 0.25) is 5.28 Å². The Labute approximate surface area is 95.7 Å². The van der Waals surface area contributed by atoms with Crippen LogP contribution in [0.25, 0.3) is 0 Å². The smallest absolute Gasteiger partial charge is 0.225 e. The normalized spacial score (nSPS) is 10.8.